The number of fused-ring (bicyclic) bond motifs is 4. The van der Waals surface area contributed by atoms with E-state index >= 15 is 0 Å². The van der Waals surface area contributed by atoms with Crippen LogP contribution in [0.15, 0.2) is 22.8 Å². The van der Waals surface area contributed by atoms with Crippen molar-refractivity contribution in [1.82, 2.24) is 0 Å². The fraction of sp³-hybridized carbons (Fsp3) is 0.792. The van der Waals surface area contributed by atoms with E-state index in [9.17, 15) is 4.79 Å². The fourth-order valence-corrected chi connectivity index (χ4v) is 6.51. The second-order valence-corrected chi connectivity index (χ2v) is 9.39. The Morgan fingerprint density at radius 2 is 1.96 bits per heavy atom. The van der Waals surface area contributed by atoms with Crippen molar-refractivity contribution in [2.75, 3.05) is 6.61 Å². The van der Waals surface area contributed by atoms with Gasteiger partial charge in [-0.3, -0.25) is 4.79 Å². The van der Waals surface area contributed by atoms with E-state index in [0.29, 0.717) is 17.3 Å². The molecule has 2 nitrogen and oxygen atoms in total. The maximum absolute atomic E-state index is 11.8. The highest BCUT2D eigenvalue weighted by Crippen LogP contribution is 2.60. The van der Waals surface area contributed by atoms with Gasteiger partial charge in [-0.05, 0) is 85.8 Å². The predicted molar refractivity (Wildman–Crippen MR) is 106 cm³/mol. The van der Waals surface area contributed by atoms with Gasteiger partial charge in [-0.2, -0.15) is 0 Å². The van der Waals surface area contributed by atoms with Crippen LogP contribution in [-0.4, -0.2) is 18.5 Å². The average Bonchev–Trinajstić information content (AvgIpc) is 2.97. The molecule has 0 aromatic carbocycles. The van der Waals surface area contributed by atoms with Crippen molar-refractivity contribution in [3.05, 3.63) is 22.8 Å². The van der Waals surface area contributed by atoms with Gasteiger partial charge in [0, 0.05) is 13.0 Å². The summed E-state index contributed by atoms with van der Waals surface area (Å²) in [4.78, 5) is 11.8. The Balaban J connectivity index is 1.46. The third kappa shape index (κ3) is 3.23. The summed E-state index contributed by atoms with van der Waals surface area (Å²) in [5, 5.41) is 0. The Labute approximate surface area is 159 Å². The van der Waals surface area contributed by atoms with Gasteiger partial charge in [0.25, 0.3) is 0 Å². The van der Waals surface area contributed by atoms with Crippen LogP contribution < -0.4 is 0 Å². The summed E-state index contributed by atoms with van der Waals surface area (Å²) in [6.07, 6.45) is 16.9. The van der Waals surface area contributed by atoms with Gasteiger partial charge in [-0.15, -0.1) is 0 Å². The summed E-state index contributed by atoms with van der Waals surface area (Å²) in [5.74, 6) is 1.92. The first-order valence-electron chi connectivity index (χ1n) is 11.2. The maximum Gasteiger partial charge on any atom is 0.156 e. The zero-order valence-electron chi connectivity index (χ0n) is 16.8. The summed E-state index contributed by atoms with van der Waals surface area (Å²) in [6.45, 7) is 5.75. The molecule has 0 amide bonds. The molecule has 2 heteroatoms. The van der Waals surface area contributed by atoms with Crippen LogP contribution in [0.3, 0.4) is 0 Å². The number of carbonyl (C=O) groups is 1. The van der Waals surface area contributed by atoms with Crippen LogP contribution in [0.5, 0.6) is 0 Å². The second-order valence-electron chi connectivity index (χ2n) is 9.39. The van der Waals surface area contributed by atoms with Crippen LogP contribution in [0, 0.1) is 17.3 Å². The van der Waals surface area contributed by atoms with Crippen molar-refractivity contribution in [2.24, 2.45) is 17.3 Å². The summed E-state index contributed by atoms with van der Waals surface area (Å²) in [6, 6.07) is 0. The molecular weight excluding hydrogens is 320 g/mol. The monoisotopic (exact) mass is 356 g/mol. The van der Waals surface area contributed by atoms with E-state index in [4.69, 9.17) is 4.74 Å². The first-order valence-corrected chi connectivity index (χ1v) is 11.2. The zero-order valence-corrected chi connectivity index (χ0v) is 16.8. The van der Waals surface area contributed by atoms with Gasteiger partial charge in [0.1, 0.15) is 0 Å². The molecule has 4 aliphatic rings. The van der Waals surface area contributed by atoms with Gasteiger partial charge in [-0.25, -0.2) is 0 Å². The molecule has 26 heavy (non-hydrogen) atoms. The third-order valence-electron chi connectivity index (χ3n) is 7.96. The lowest BCUT2D eigenvalue weighted by atomic mass is 9.57. The van der Waals surface area contributed by atoms with E-state index < -0.39 is 0 Å². The fourth-order valence-electron chi connectivity index (χ4n) is 6.51. The Bertz CT molecular complexity index is 614. The molecule has 0 aromatic heterocycles. The van der Waals surface area contributed by atoms with Crippen LogP contribution in [0.4, 0.5) is 0 Å². The molecule has 2 fully saturated rings. The zero-order chi connectivity index (χ0) is 18.1. The van der Waals surface area contributed by atoms with E-state index in [1.165, 1.54) is 63.4 Å². The van der Waals surface area contributed by atoms with Crippen LogP contribution in [0.1, 0.15) is 90.9 Å². The summed E-state index contributed by atoms with van der Waals surface area (Å²) < 4.78 is 6.45. The molecule has 0 saturated heterocycles. The lowest BCUT2D eigenvalue weighted by molar-refractivity contribution is -0.114. The highest BCUT2D eigenvalue weighted by molar-refractivity contribution is 5.93. The third-order valence-corrected chi connectivity index (χ3v) is 7.96. The van der Waals surface area contributed by atoms with Gasteiger partial charge in [0.05, 0.1) is 6.10 Å². The Kier molecular flexibility index (Phi) is 5.41. The molecular formula is C24H36O2. The number of hydrogen-bond donors (Lipinski definition) is 0. The molecule has 2 saturated carbocycles. The molecule has 144 valence electrons. The van der Waals surface area contributed by atoms with Gasteiger partial charge in [0.2, 0.25) is 0 Å². The van der Waals surface area contributed by atoms with Crippen molar-refractivity contribution in [1.29, 1.82) is 0 Å². The van der Waals surface area contributed by atoms with Crippen molar-refractivity contribution in [2.45, 2.75) is 97.0 Å². The maximum atomic E-state index is 11.8. The minimum Gasteiger partial charge on any atom is -0.378 e. The molecule has 0 N–H and O–H groups in total. The van der Waals surface area contributed by atoms with Crippen LogP contribution in [0.2, 0.25) is 0 Å². The Hall–Kier alpha value is -0.890. The largest absolute Gasteiger partial charge is 0.378 e. The molecule has 4 rings (SSSR count). The minimum absolute atomic E-state index is 0.348. The molecule has 0 heterocycles. The lowest BCUT2D eigenvalue weighted by Crippen LogP contribution is -2.43. The number of unbranched alkanes of at least 4 members (excludes halogenated alkanes) is 3. The number of rotatable bonds is 6. The van der Waals surface area contributed by atoms with Crippen LogP contribution in [0.25, 0.3) is 0 Å². The SMILES string of the molecule is CCCCCCO[C@H]1CC[C@H]2[C@@H]3CCC4=CC(=O)CCC4=C3CC[C@]12C. The molecule has 4 atom stereocenters. The summed E-state index contributed by atoms with van der Waals surface area (Å²) in [5.41, 5.74) is 5.09. The highest BCUT2D eigenvalue weighted by Gasteiger charge is 2.54. The molecule has 0 unspecified atom stereocenters. The Morgan fingerprint density at radius 1 is 1.08 bits per heavy atom. The first kappa shape index (κ1) is 18.5. The van der Waals surface area contributed by atoms with Gasteiger partial charge >= 0.3 is 0 Å². The van der Waals surface area contributed by atoms with E-state index in [1.807, 2.05) is 6.08 Å². The number of hydrogen-bond acceptors (Lipinski definition) is 2. The predicted octanol–water partition coefficient (Wildman–Crippen LogP) is 6.16. The molecule has 0 aromatic rings. The Morgan fingerprint density at radius 3 is 2.81 bits per heavy atom. The topological polar surface area (TPSA) is 26.3 Å². The van der Waals surface area contributed by atoms with Gasteiger partial charge < -0.3 is 4.74 Å². The molecule has 0 spiro atoms. The number of ketones is 1. The lowest BCUT2D eigenvalue weighted by Gasteiger charge is -2.49. The summed E-state index contributed by atoms with van der Waals surface area (Å²) >= 11 is 0. The van der Waals surface area contributed by atoms with Gasteiger partial charge in [-0.1, -0.05) is 38.7 Å². The summed E-state index contributed by atoms with van der Waals surface area (Å²) in [7, 11) is 0. The van der Waals surface area contributed by atoms with Crippen molar-refractivity contribution in [3.8, 4) is 0 Å². The quantitative estimate of drug-likeness (QED) is 0.533. The standard InChI is InChI=1S/C24H36O2/c1-3-4-5-6-15-26-23-12-11-22-21-9-7-17-16-18(25)8-10-19(17)20(21)13-14-24(22,23)2/h16,21-23H,3-15H2,1-2H3/t21-,22+,23+,24+/m1/s1. The van der Waals surface area contributed by atoms with E-state index in [1.54, 1.807) is 11.1 Å². The molecule has 0 bridgehead atoms. The van der Waals surface area contributed by atoms with Crippen molar-refractivity contribution < 1.29 is 9.53 Å². The normalized spacial score (nSPS) is 36.5. The minimum atomic E-state index is 0.348. The number of carbonyl (C=O) groups excluding carboxylic acids is 1. The molecule has 0 radical (unpaired) electrons. The van der Waals surface area contributed by atoms with Crippen LogP contribution >= 0.6 is 0 Å². The molecule has 4 aliphatic carbocycles. The first-order chi connectivity index (χ1) is 12.6. The second kappa shape index (κ2) is 7.62. The van der Waals surface area contributed by atoms with E-state index in [-0.39, 0.29) is 0 Å². The van der Waals surface area contributed by atoms with Gasteiger partial charge in [0.15, 0.2) is 5.78 Å². The van der Waals surface area contributed by atoms with Crippen LogP contribution in [-0.2, 0) is 9.53 Å². The number of allylic oxidation sites excluding steroid dienone is 4. The van der Waals surface area contributed by atoms with E-state index in [2.05, 4.69) is 13.8 Å². The average molecular weight is 357 g/mol. The smallest absolute Gasteiger partial charge is 0.156 e. The highest BCUT2D eigenvalue weighted by atomic mass is 16.5. The van der Waals surface area contributed by atoms with Crippen molar-refractivity contribution >= 4 is 5.78 Å². The number of ether oxygens (including phenoxy) is 1. The van der Waals surface area contributed by atoms with Crippen molar-refractivity contribution in [3.63, 3.8) is 0 Å². The molecule has 0 aliphatic heterocycles. The van der Waals surface area contributed by atoms with E-state index in [0.717, 1.165) is 37.7 Å².